The summed E-state index contributed by atoms with van der Waals surface area (Å²) in [5.74, 6) is 2.14. The van der Waals surface area contributed by atoms with Gasteiger partial charge in [0.15, 0.2) is 5.82 Å². The third-order valence-corrected chi connectivity index (χ3v) is 5.42. The number of thiophene rings is 1. The molecule has 3 rings (SSSR count). The maximum atomic E-state index is 12.5. The van der Waals surface area contributed by atoms with Crippen molar-refractivity contribution < 1.29 is 9.32 Å². The molecule has 1 aliphatic rings. The maximum absolute atomic E-state index is 12.5. The third-order valence-electron chi connectivity index (χ3n) is 4.54. The third kappa shape index (κ3) is 3.80. The summed E-state index contributed by atoms with van der Waals surface area (Å²) in [4.78, 5) is 20.1. The van der Waals surface area contributed by atoms with Crippen LogP contribution in [0.1, 0.15) is 61.5 Å². The van der Waals surface area contributed by atoms with Crippen LogP contribution in [0.25, 0.3) is 0 Å². The molecule has 23 heavy (non-hydrogen) atoms. The van der Waals surface area contributed by atoms with Gasteiger partial charge in [0, 0.05) is 23.9 Å². The van der Waals surface area contributed by atoms with Crippen LogP contribution in [0.4, 0.5) is 0 Å². The Hall–Kier alpha value is -1.69. The monoisotopic (exact) mass is 333 g/mol. The van der Waals surface area contributed by atoms with Crippen molar-refractivity contribution in [2.75, 3.05) is 13.1 Å². The van der Waals surface area contributed by atoms with Gasteiger partial charge in [0.05, 0.1) is 12.3 Å². The fraction of sp³-hybridized carbons (Fsp3) is 0.588. The molecule has 0 N–H and O–H groups in total. The molecule has 0 aromatic carbocycles. The molecule has 2 atom stereocenters. The van der Waals surface area contributed by atoms with Crippen LogP contribution >= 0.6 is 11.3 Å². The molecule has 124 valence electrons. The van der Waals surface area contributed by atoms with Crippen LogP contribution in [0.2, 0.25) is 0 Å². The van der Waals surface area contributed by atoms with Gasteiger partial charge in [-0.15, -0.1) is 11.3 Å². The molecule has 5 nitrogen and oxygen atoms in total. The molecule has 0 aliphatic carbocycles. The lowest BCUT2D eigenvalue weighted by atomic mass is 9.97. The summed E-state index contributed by atoms with van der Waals surface area (Å²) in [6, 6.07) is 4.00. The largest absolute Gasteiger partial charge is 0.342 e. The van der Waals surface area contributed by atoms with Crippen molar-refractivity contribution in [1.82, 2.24) is 15.0 Å². The number of likely N-dealkylation sites (tertiary alicyclic amines) is 1. The zero-order valence-corrected chi connectivity index (χ0v) is 14.5. The number of piperidine rings is 1. The number of aromatic nitrogens is 2. The number of amides is 1. The molecular formula is C17H23N3O2S. The van der Waals surface area contributed by atoms with Crippen molar-refractivity contribution in [3.63, 3.8) is 0 Å². The second kappa shape index (κ2) is 7.25. The van der Waals surface area contributed by atoms with Crippen molar-refractivity contribution in [1.29, 1.82) is 0 Å². The SMILES string of the molecule is CC[C@@H](C)c1noc([C@H]2CCCN(C(=O)Cc3cccs3)C2)n1. The molecule has 2 aromatic rings. The average Bonchev–Trinajstić information content (AvgIpc) is 3.26. The van der Waals surface area contributed by atoms with E-state index in [1.807, 2.05) is 22.4 Å². The highest BCUT2D eigenvalue weighted by Gasteiger charge is 2.29. The van der Waals surface area contributed by atoms with E-state index in [0.717, 1.165) is 36.5 Å². The first-order chi connectivity index (χ1) is 11.2. The van der Waals surface area contributed by atoms with Gasteiger partial charge in [0.2, 0.25) is 11.8 Å². The summed E-state index contributed by atoms with van der Waals surface area (Å²) in [7, 11) is 0. The van der Waals surface area contributed by atoms with E-state index in [-0.39, 0.29) is 11.8 Å². The highest BCUT2D eigenvalue weighted by molar-refractivity contribution is 7.10. The molecule has 0 saturated carbocycles. The van der Waals surface area contributed by atoms with Gasteiger partial charge >= 0.3 is 0 Å². The first-order valence-electron chi connectivity index (χ1n) is 8.31. The number of carbonyl (C=O) groups is 1. The van der Waals surface area contributed by atoms with E-state index >= 15 is 0 Å². The summed E-state index contributed by atoms with van der Waals surface area (Å²) in [6.07, 6.45) is 3.48. The van der Waals surface area contributed by atoms with Crippen LogP contribution in [-0.4, -0.2) is 34.0 Å². The normalized spacial score (nSPS) is 19.7. The Kier molecular flexibility index (Phi) is 5.10. The van der Waals surface area contributed by atoms with E-state index in [9.17, 15) is 4.79 Å². The first-order valence-corrected chi connectivity index (χ1v) is 9.19. The van der Waals surface area contributed by atoms with Gasteiger partial charge in [-0.1, -0.05) is 25.1 Å². The number of nitrogens with zero attached hydrogens (tertiary/aromatic N) is 3. The predicted octanol–water partition coefficient (Wildman–Crippen LogP) is 3.59. The van der Waals surface area contributed by atoms with Crippen molar-refractivity contribution in [3.8, 4) is 0 Å². The van der Waals surface area contributed by atoms with Gasteiger partial charge in [-0.05, 0) is 30.7 Å². The fourth-order valence-electron chi connectivity index (χ4n) is 2.88. The van der Waals surface area contributed by atoms with Gasteiger partial charge in [-0.3, -0.25) is 4.79 Å². The Labute approximate surface area is 140 Å². The Bertz CT molecular complexity index is 638. The highest BCUT2D eigenvalue weighted by Crippen LogP contribution is 2.27. The average molecular weight is 333 g/mol. The molecule has 1 aliphatic heterocycles. The topological polar surface area (TPSA) is 59.2 Å². The lowest BCUT2D eigenvalue weighted by molar-refractivity contribution is -0.131. The Morgan fingerprint density at radius 2 is 2.43 bits per heavy atom. The Morgan fingerprint density at radius 1 is 1.57 bits per heavy atom. The molecule has 1 saturated heterocycles. The first kappa shape index (κ1) is 16.2. The smallest absolute Gasteiger partial charge is 0.231 e. The summed E-state index contributed by atoms with van der Waals surface area (Å²) < 4.78 is 5.46. The van der Waals surface area contributed by atoms with Gasteiger partial charge in [-0.25, -0.2) is 0 Å². The molecule has 6 heteroatoms. The minimum Gasteiger partial charge on any atom is -0.342 e. The molecule has 3 heterocycles. The van der Waals surface area contributed by atoms with Crippen molar-refractivity contribution >= 4 is 17.2 Å². The summed E-state index contributed by atoms with van der Waals surface area (Å²) in [5.41, 5.74) is 0. The van der Waals surface area contributed by atoms with E-state index in [1.165, 1.54) is 0 Å². The minimum absolute atomic E-state index is 0.168. The van der Waals surface area contributed by atoms with E-state index < -0.39 is 0 Å². The molecule has 1 amide bonds. The van der Waals surface area contributed by atoms with Gasteiger partial charge in [0.25, 0.3) is 0 Å². The molecule has 2 aromatic heterocycles. The van der Waals surface area contributed by atoms with Crippen LogP contribution in [0, 0.1) is 0 Å². The lowest BCUT2D eigenvalue weighted by Crippen LogP contribution is -2.39. The number of hydrogen-bond donors (Lipinski definition) is 0. The number of hydrogen-bond acceptors (Lipinski definition) is 5. The van der Waals surface area contributed by atoms with Crippen LogP contribution in [0.3, 0.4) is 0 Å². The summed E-state index contributed by atoms with van der Waals surface area (Å²) in [5, 5.41) is 6.12. The molecule has 0 unspecified atom stereocenters. The van der Waals surface area contributed by atoms with Crippen LogP contribution < -0.4 is 0 Å². The van der Waals surface area contributed by atoms with E-state index in [2.05, 4.69) is 24.0 Å². The molecule has 0 bridgehead atoms. The van der Waals surface area contributed by atoms with Gasteiger partial charge in [-0.2, -0.15) is 4.98 Å². The van der Waals surface area contributed by atoms with Crippen LogP contribution in [0.5, 0.6) is 0 Å². The van der Waals surface area contributed by atoms with Gasteiger partial charge in [0.1, 0.15) is 0 Å². The minimum atomic E-state index is 0.168. The summed E-state index contributed by atoms with van der Waals surface area (Å²) in [6.45, 7) is 5.73. The number of carbonyl (C=O) groups excluding carboxylic acids is 1. The predicted molar refractivity (Wildman–Crippen MR) is 89.6 cm³/mol. The zero-order chi connectivity index (χ0) is 16.2. The number of rotatable bonds is 5. The van der Waals surface area contributed by atoms with Crippen LogP contribution in [-0.2, 0) is 11.2 Å². The Morgan fingerprint density at radius 3 is 3.17 bits per heavy atom. The van der Waals surface area contributed by atoms with E-state index in [4.69, 9.17) is 4.52 Å². The molecule has 0 radical (unpaired) electrons. The lowest BCUT2D eigenvalue weighted by Gasteiger charge is -2.31. The second-order valence-electron chi connectivity index (χ2n) is 6.24. The second-order valence-corrected chi connectivity index (χ2v) is 7.27. The van der Waals surface area contributed by atoms with E-state index in [1.54, 1.807) is 11.3 Å². The Balaban J connectivity index is 1.63. The summed E-state index contributed by atoms with van der Waals surface area (Å²) >= 11 is 1.63. The van der Waals surface area contributed by atoms with Crippen molar-refractivity contribution in [2.24, 2.45) is 0 Å². The van der Waals surface area contributed by atoms with Crippen LogP contribution in [0.15, 0.2) is 22.0 Å². The fourth-order valence-corrected chi connectivity index (χ4v) is 3.57. The molecule has 0 spiro atoms. The quantitative estimate of drug-likeness (QED) is 0.839. The van der Waals surface area contributed by atoms with E-state index in [0.29, 0.717) is 24.8 Å². The van der Waals surface area contributed by atoms with Gasteiger partial charge < -0.3 is 9.42 Å². The zero-order valence-electron chi connectivity index (χ0n) is 13.7. The van der Waals surface area contributed by atoms with Crippen molar-refractivity contribution in [2.45, 2.75) is 51.4 Å². The molecular weight excluding hydrogens is 310 g/mol. The standard InChI is InChI=1S/C17H23N3O2S/c1-3-12(2)16-18-17(22-19-16)13-6-4-8-20(11-13)15(21)10-14-7-5-9-23-14/h5,7,9,12-13H,3-4,6,8,10-11H2,1-2H3/t12-,13+/m1/s1. The molecule has 1 fully saturated rings. The highest BCUT2D eigenvalue weighted by atomic mass is 32.1. The maximum Gasteiger partial charge on any atom is 0.231 e. The van der Waals surface area contributed by atoms with Crippen molar-refractivity contribution in [3.05, 3.63) is 34.1 Å².